The van der Waals surface area contributed by atoms with Gasteiger partial charge >= 0.3 is 0 Å². The molecular formula is C25H23N5O2S. The van der Waals surface area contributed by atoms with Gasteiger partial charge in [0.05, 0.1) is 5.75 Å². The van der Waals surface area contributed by atoms with Gasteiger partial charge in [0.1, 0.15) is 0 Å². The molecule has 3 aromatic carbocycles. The summed E-state index contributed by atoms with van der Waals surface area (Å²) in [4.78, 5) is 23.7. The van der Waals surface area contributed by atoms with Crippen molar-refractivity contribution in [1.29, 1.82) is 0 Å². The lowest BCUT2D eigenvalue weighted by Crippen LogP contribution is -2.24. The molecule has 4 aromatic rings. The largest absolute Gasteiger partial charge is 0.351 e. The number of nitrogens with zero attached hydrogens (tertiary/aromatic N) is 3. The van der Waals surface area contributed by atoms with Gasteiger partial charge in [0.25, 0.3) is 0 Å². The molecule has 0 atom stereocenters. The number of amides is 2. The monoisotopic (exact) mass is 457 g/mol. The van der Waals surface area contributed by atoms with Gasteiger partial charge in [0.2, 0.25) is 11.8 Å². The van der Waals surface area contributed by atoms with Crippen molar-refractivity contribution in [2.24, 2.45) is 0 Å². The average molecular weight is 458 g/mol. The molecule has 4 rings (SSSR count). The van der Waals surface area contributed by atoms with Crippen LogP contribution in [0.25, 0.3) is 17.1 Å². The second-order valence-corrected chi connectivity index (χ2v) is 8.23. The molecule has 166 valence electrons. The second-order valence-electron chi connectivity index (χ2n) is 7.29. The zero-order valence-corrected chi connectivity index (χ0v) is 18.9. The Kier molecular flexibility index (Phi) is 7.16. The van der Waals surface area contributed by atoms with E-state index in [4.69, 9.17) is 0 Å². The minimum absolute atomic E-state index is 0.0762. The first-order valence-electron chi connectivity index (χ1n) is 10.4. The molecule has 1 aromatic heterocycles. The fourth-order valence-corrected chi connectivity index (χ4v) is 4.03. The third-order valence-corrected chi connectivity index (χ3v) is 5.71. The quantitative estimate of drug-likeness (QED) is 0.385. The first-order chi connectivity index (χ1) is 16.1. The molecule has 8 heteroatoms. The van der Waals surface area contributed by atoms with Gasteiger partial charge in [-0.3, -0.25) is 14.2 Å². The highest BCUT2D eigenvalue weighted by molar-refractivity contribution is 7.99. The molecule has 0 spiro atoms. The Labute approximate surface area is 196 Å². The van der Waals surface area contributed by atoms with Crippen molar-refractivity contribution in [3.8, 4) is 17.1 Å². The average Bonchev–Trinajstić information content (AvgIpc) is 3.27. The van der Waals surface area contributed by atoms with Crippen LogP contribution in [0, 0.1) is 0 Å². The van der Waals surface area contributed by atoms with Crippen molar-refractivity contribution in [2.75, 3.05) is 11.1 Å². The molecule has 0 saturated carbocycles. The molecule has 7 nitrogen and oxygen atoms in total. The zero-order chi connectivity index (χ0) is 23.0. The summed E-state index contributed by atoms with van der Waals surface area (Å²) < 4.78 is 1.93. The lowest BCUT2D eigenvalue weighted by atomic mass is 10.2. The highest BCUT2D eigenvalue weighted by Gasteiger charge is 2.17. The maximum absolute atomic E-state index is 12.4. The molecule has 0 fully saturated rings. The highest BCUT2D eigenvalue weighted by atomic mass is 32.2. The van der Waals surface area contributed by atoms with Crippen LogP contribution >= 0.6 is 11.8 Å². The smallest absolute Gasteiger partial charge is 0.230 e. The first kappa shape index (κ1) is 22.3. The van der Waals surface area contributed by atoms with Crippen molar-refractivity contribution in [3.05, 3.63) is 90.5 Å². The van der Waals surface area contributed by atoms with Crippen LogP contribution in [0.4, 0.5) is 5.69 Å². The number of para-hydroxylation sites is 1. The summed E-state index contributed by atoms with van der Waals surface area (Å²) in [6.45, 7) is 1.96. The fraction of sp³-hybridized carbons (Fsp3) is 0.120. The molecule has 0 radical (unpaired) electrons. The lowest BCUT2D eigenvalue weighted by Gasteiger charge is -2.11. The highest BCUT2D eigenvalue weighted by Crippen LogP contribution is 2.28. The Morgan fingerprint density at radius 1 is 0.879 bits per heavy atom. The number of benzene rings is 3. The fourth-order valence-electron chi connectivity index (χ4n) is 3.24. The molecule has 0 unspecified atom stereocenters. The Balaban J connectivity index is 1.53. The van der Waals surface area contributed by atoms with Gasteiger partial charge in [0.15, 0.2) is 11.0 Å². The van der Waals surface area contributed by atoms with E-state index >= 15 is 0 Å². The third-order valence-electron chi connectivity index (χ3n) is 4.78. The van der Waals surface area contributed by atoms with Crippen LogP contribution in [0.2, 0.25) is 0 Å². The van der Waals surface area contributed by atoms with E-state index in [1.54, 1.807) is 0 Å². The molecule has 0 aliphatic rings. The summed E-state index contributed by atoms with van der Waals surface area (Å²) >= 11 is 1.33. The van der Waals surface area contributed by atoms with Gasteiger partial charge in [-0.25, -0.2) is 0 Å². The zero-order valence-electron chi connectivity index (χ0n) is 18.1. The summed E-state index contributed by atoms with van der Waals surface area (Å²) in [5.41, 5.74) is 3.51. The van der Waals surface area contributed by atoms with E-state index in [9.17, 15) is 9.59 Å². The van der Waals surface area contributed by atoms with Crippen molar-refractivity contribution in [2.45, 2.75) is 18.6 Å². The minimum atomic E-state index is -0.126. The second kappa shape index (κ2) is 10.6. The minimum Gasteiger partial charge on any atom is -0.351 e. The van der Waals surface area contributed by atoms with Crippen LogP contribution in [-0.2, 0) is 16.1 Å². The number of carbonyl (C=O) groups excluding carboxylic acids is 2. The van der Waals surface area contributed by atoms with Crippen LogP contribution in [0.15, 0.2) is 90.1 Å². The van der Waals surface area contributed by atoms with Gasteiger partial charge in [-0.15, -0.1) is 10.2 Å². The molecular weight excluding hydrogens is 434 g/mol. The predicted octanol–water partition coefficient (Wildman–Crippen LogP) is 4.30. The Morgan fingerprint density at radius 3 is 2.21 bits per heavy atom. The number of carbonyl (C=O) groups is 2. The number of anilines is 1. The van der Waals surface area contributed by atoms with E-state index in [2.05, 4.69) is 20.8 Å². The number of rotatable bonds is 8. The van der Waals surface area contributed by atoms with Gasteiger partial charge in [-0.1, -0.05) is 60.3 Å². The van der Waals surface area contributed by atoms with Gasteiger partial charge in [0, 0.05) is 30.4 Å². The molecule has 33 heavy (non-hydrogen) atoms. The van der Waals surface area contributed by atoms with Crippen LogP contribution in [-0.4, -0.2) is 32.3 Å². The van der Waals surface area contributed by atoms with E-state index in [0.717, 1.165) is 16.8 Å². The SMILES string of the molecule is CC(=O)Nc1ccc(-c2nnc(SCC(=O)NCc3ccccc3)n2-c2ccccc2)cc1. The Hall–Kier alpha value is -3.91. The summed E-state index contributed by atoms with van der Waals surface area (Å²) in [6.07, 6.45) is 0. The number of thioether (sulfide) groups is 1. The standard InChI is InChI=1S/C25H23N5O2S/c1-18(31)27-21-14-12-20(13-15-21)24-28-29-25(30(24)22-10-6-3-7-11-22)33-17-23(32)26-16-19-8-4-2-5-9-19/h2-15H,16-17H2,1H3,(H,26,32)(H,27,31). The number of nitrogens with one attached hydrogen (secondary N) is 2. The summed E-state index contributed by atoms with van der Waals surface area (Å²) in [6, 6.07) is 27.0. The molecule has 0 aliphatic carbocycles. The van der Waals surface area contributed by atoms with Crippen LogP contribution in [0.3, 0.4) is 0 Å². The number of aromatic nitrogens is 3. The van der Waals surface area contributed by atoms with E-state index < -0.39 is 0 Å². The number of hydrogen-bond acceptors (Lipinski definition) is 5. The van der Waals surface area contributed by atoms with Crippen LogP contribution in [0.1, 0.15) is 12.5 Å². The molecule has 0 saturated heterocycles. The maximum Gasteiger partial charge on any atom is 0.230 e. The van der Waals surface area contributed by atoms with Crippen LogP contribution in [0.5, 0.6) is 0 Å². The summed E-state index contributed by atoms with van der Waals surface area (Å²) in [7, 11) is 0. The van der Waals surface area contributed by atoms with E-state index in [1.807, 2.05) is 89.5 Å². The molecule has 1 heterocycles. The van der Waals surface area contributed by atoms with Crippen molar-refractivity contribution in [3.63, 3.8) is 0 Å². The molecule has 0 bridgehead atoms. The predicted molar refractivity (Wildman–Crippen MR) is 130 cm³/mol. The van der Waals surface area contributed by atoms with Gasteiger partial charge in [-0.05, 0) is 42.0 Å². The van der Waals surface area contributed by atoms with Gasteiger partial charge < -0.3 is 10.6 Å². The summed E-state index contributed by atoms with van der Waals surface area (Å²) in [5, 5.41) is 15.1. The van der Waals surface area contributed by atoms with E-state index in [-0.39, 0.29) is 17.6 Å². The van der Waals surface area contributed by atoms with Crippen molar-refractivity contribution >= 4 is 29.3 Å². The first-order valence-corrected chi connectivity index (χ1v) is 11.4. The topological polar surface area (TPSA) is 88.9 Å². The molecule has 2 N–H and O–H groups in total. The normalized spacial score (nSPS) is 10.6. The van der Waals surface area contributed by atoms with Gasteiger partial charge in [-0.2, -0.15) is 0 Å². The molecule has 2 amide bonds. The maximum atomic E-state index is 12.4. The third kappa shape index (κ3) is 5.87. The molecule has 0 aliphatic heterocycles. The van der Waals surface area contributed by atoms with E-state index in [1.165, 1.54) is 18.7 Å². The lowest BCUT2D eigenvalue weighted by molar-refractivity contribution is -0.118. The van der Waals surface area contributed by atoms with Crippen molar-refractivity contribution < 1.29 is 9.59 Å². The Morgan fingerprint density at radius 2 is 1.55 bits per heavy atom. The van der Waals surface area contributed by atoms with Crippen LogP contribution < -0.4 is 10.6 Å². The summed E-state index contributed by atoms with van der Waals surface area (Å²) in [5.74, 6) is 0.675. The van der Waals surface area contributed by atoms with Crippen molar-refractivity contribution in [1.82, 2.24) is 20.1 Å². The Bertz CT molecular complexity index is 1220. The number of hydrogen-bond donors (Lipinski definition) is 2. The van der Waals surface area contributed by atoms with E-state index in [0.29, 0.717) is 23.2 Å².